The number of halogens is 1. The Kier molecular flexibility index (Phi) is 5.80. The molecule has 5 heteroatoms. The second-order valence-electron chi connectivity index (χ2n) is 9.70. The largest absolute Gasteiger partial charge is 0.395 e. The molecular formula is C22H35ClN2O2. The zero-order valence-electron chi connectivity index (χ0n) is 16.8. The van der Waals surface area contributed by atoms with Crippen molar-refractivity contribution >= 4 is 23.9 Å². The highest BCUT2D eigenvalue weighted by molar-refractivity contribution is 5.87. The summed E-state index contributed by atoms with van der Waals surface area (Å²) in [5.41, 5.74) is 8.32. The van der Waals surface area contributed by atoms with E-state index >= 15 is 0 Å². The predicted octanol–water partition coefficient (Wildman–Crippen LogP) is 4.52. The molecule has 6 atom stereocenters. The summed E-state index contributed by atoms with van der Waals surface area (Å²) < 4.78 is 0. The summed E-state index contributed by atoms with van der Waals surface area (Å²) in [6.07, 6.45) is 8.48. The third-order valence-electron chi connectivity index (χ3n) is 8.57. The zero-order chi connectivity index (χ0) is 18.5. The van der Waals surface area contributed by atoms with Gasteiger partial charge in [-0.2, -0.15) is 0 Å². The van der Waals surface area contributed by atoms with Crippen LogP contribution in [0.5, 0.6) is 0 Å². The van der Waals surface area contributed by atoms with Crippen LogP contribution >= 0.6 is 12.4 Å². The van der Waals surface area contributed by atoms with E-state index in [2.05, 4.69) is 25.6 Å². The lowest BCUT2D eigenvalue weighted by molar-refractivity contribution is -0.134. The van der Waals surface area contributed by atoms with E-state index in [4.69, 9.17) is 10.6 Å². The van der Waals surface area contributed by atoms with E-state index in [1.54, 1.807) is 0 Å². The van der Waals surface area contributed by atoms with Crippen molar-refractivity contribution in [3.63, 3.8) is 0 Å². The van der Waals surface area contributed by atoms with Gasteiger partial charge < -0.3 is 10.6 Å². The summed E-state index contributed by atoms with van der Waals surface area (Å²) in [5.74, 6) is 2.99. The normalized spacial score (nSPS) is 44.9. The lowest BCUT2D eigenvalue weighted by atomic mass is 9.44. The maximum absolute atomic E-state index is 12.6. The van der Waals surface area contributed by atoms with Gasteiger partial charge in [0.2, 0.25) is 0 Å². The minimum atomic E-state index is -0.0536. The summed E-state index contributed by atoms with van der Waals surface area (Å²) in [7, 11) is 0. The van der Waals surface area contributed by atoms with E-state index in [0.29, 0.717) is 42.1 Å². The number of allylic oxidation sites excluding steroid dienone is 1. The number of nitrogens with zero attached hydrogens (tertiary/aromatic N) is 1. The average molecular weight is 395 g/mol. The number of carbonyl (C=O) groups excluding carboxylic acids is 1. The van der Waals surface area contributed by atoms with Crippen LogP contribution in [0.4, 0.5) is 0 Å². The first-order valence-corrected chi connectivity index (χ1v) is 10.5. The highest BCUT2D eigenvalue weighted by Gasteiger charge is 2.60. The van der Waals surface area contributed by atoms with E-state index in [1.165, 1.54) is 24.1 Å². The first-order chi connectivity index (χ1) is 12.4. The molecule has 0 radical (unpaired) electrons. The Hall–Kier alpha value is -0.870. The molecule has 0 aromatic carbocycles. The molecule has 4 aliphatic rings. The van der Waals surface area contributed by atoms with Gasteiger partial charge in [-0.1, -0.05) is 31.2 Å². The molecule has 4 nitrogen and oxygen atoms in total. The highest BCUT2D eigenvalue weighted by Crippen LogP contribution is 2.66. The third-order valence-corrected chi connectivity index (χ3v) is 8.57. The number of Topliss-reactive ketones (excluding diaryl/α,β-unsaturated/α-hetero) is 1. The number of oxime groups is 1. The van der Waals surface area contributed by atoms with Crippen molar-refractivity contribution in [2.75, 3.05) is 13.2 Å². The number of nitrogens with two attached hydrogens (primary N) is 1. The van der Waals surface area contributed by atoms with Gasteiger partial charge in [0.15, 0.2) is 0 Å². The molecule has 4 rings (SSSR count). The standard InChI is InChI=1S/C22H34N2O2.ClH/c1-14-12-16-17-4-5-20(25)22(17,3)9-7-18(16)21(2)8-6-15(13-19(14)21)24-26-11-10-23;/h16-19H,1,4-13,23H2,2-3H3;1H/b24-15+;/t16-,17-,18-,19+,21+,22-;/m0./s1. The van der Waals surface area contributed by atoms with Crippen LogP contribution in [0.15, 0.2) is 17.3 Å². The molecular weight excluding hydrogens is 360 g/mol. The number of ketones is 1. The summed E-state index contributed by atoms with van der Waals surface area (Å²) in [4.78, 5) is 17.9. The number of carbonyl (C=O) groups is 1. The quantitative estimate of drug-likeness (QED) is 0.435. The third kappa shape index (κ3) is 3.17. The van der Waals surface area contributed by atoms with Gasteiger partial charge in [-0.3, -0.25) is 4.79 Å². The molecule has 4 fully saturated rings. The topological polar surface area (TPSA) is 64.7 Å². The van der Waals surface area contributed by atoms with Crippen molar-refractivity contribution in [1.29, 1.82) is 0 Å². The van der Waals surface area contributed by atoms with E-state index < -0.39 is 0 Å². The number of fused-ring (bicyclic) bond motifs is 5. The highest BCUT2D eigenvalue weighted by atomic mass is 35.5. The molecule has 2 N–H and O–H groups in total. The minimum Gasteiger partial charge on any atom is -0.395 e. The average Bonchev–Trinajstić information content (AvgIpc) is 2.92. The molecule has 0 aromatic rings. The van der Waals surface area contributed by atoms with E-state index in [9.17, 15) is 4.79 Å². The molecule has 0 amide bonds. The van der Waals surface area contributed by atoms with Crippen molar-refractivity contribution in [1.82, 2.24) is 0 Å². The van der Waals surface area contributed by atoms with Crippen LogP contribution in [0.3, 0.4) is 0 Å². The SMILES string of the molecule is C=C1C[C@@H]2[C@H](CC[C@]3(C)C(=O)CC[C@@H]23)[C@@]2(C)CC/C(=N\OCCN)C[C@H]12.Cl. The monoisotopic (exact) mass is 394 g/mol. The summed E-state index contributed by atoms with van der Waals surface area (Å²) in [6, 6.07) is 0. The van der Waals surface area contributed by atoms with Gasteiger partial charge in [0.05, 0.1) is 5.71 Å². The Labute approximate surface area is 169 Å². The van der Waals surface area contributed by atoms with Crippen molar-refractivity contribution in [2.45, 2.75) is 65.2 Å². The zero-order valence-corrected chi connectivity index (χ0v) is 17.7. The molecule has 4 saturated carbocycles. The van der Waals surface area contributed by atoms with Gasteiger partial charge in [-0.15, -0.1) is 12.4 Å². The first kappa shape index (κ1) is 20.9. The molecule has 0 unspecified atom stereocenters. The molecule has 0 saturated heterocycles. The van der Waals surface area contributed by atoms with E-state index in [-0.39, 0.29) is 17.8 Å². The summed E-state index contributed by atoms with van der Waals surface area (Å²) >= 11 is 0. The maximum Gasteiger partial charge on any atom is 0.139 e. The summed E-state index contributed by atoms with van der Waals surface area (Å²) in [6.45, 7) is 10.3. The van der Waals surface area contributed by atoms with Gasteiger partial charge in [-0.25, -0.2) is 0 Å². The van der Waals surface area contributed by atoms with Crippen LogP contribution in [0.25, 0.3) is 0 Å². The van der Waals surface area contributed by atoms with Crippen LogP contribution in [0, 0.1) is 34.5 Å². The van der Waals surface area contributed by atoms with Gasteiger partial charge in [0.1, 0.15) is 12.4 Å². The molecule has 0 aliphatic heterocycles. The summed E-state index contributed by atoms with van der Waals surface area (Å²) in [5, 5.41) is 4.36. The van der Waals surface area contributed by atoms with Crippen LogP contribution in [0.2, 0.25) is 0 Å². The number of hydrogen-bond acceptors (Lipinski definition) is 4. The van der Waals surface area contributed by atoms with Gasteiger partial charge >= 0.3 is 0 Å². The van der Waals surface area contributed by atoms with E-state index in [0.717, 1.165) is 44.4 Å². The van der Waals surface area contributed by atoms with E-state index in [1.807, 2.05) is 0 Å². The van der Waals surface area contributed by atoms with Crippen molar-refractivity contribution < 1.29 is 9.63 Å². The smallest absolute Gasteiger partial charge is 0.139 e. The molecule has 152 valence electrons. The van der Waals surface area contributed by atoms with Crippen LogP contribution < -0.4 is 5.73 Å². The number of hydrogen-bond donors (Lipinski definition) is 1. The second kappa shape index (κ2) is 7.51. The van der Waals surface area contributed by atoms with Gasteiger partial charge in [0.25, 0.3) is 0 Å². The van der Waals surface area contributed by atoms with Crippen molar-refractivity contribution in [3.05, 3.63) is 12.2 Å². The fraction of sp³-hybridized carbons (Fsp3) is 0.818. The molecule has 0 spiro atoms. The lowest BCUT2D eigenvalue weighted by Gasteiger charge is -2.60. The predicted molar refractivity (Wildman–Crippen MR) is 111 cm³/mol. The Morgan fingerprint density at radius 3 is 2.70 bits per heavy atom. The Balaban J connectivity index is 0.00000210. The Morgan fingerprint density at radius 2 is 1.96 bits per heavy atom. The molecule has 0 heterocycles. The van der Waals surface area contributed by atoms with Crippen LogP contribution in [-0.4, -0.2) is 24.6 Å². The minimum absolute atomic E-state index is 0. The molecule has 4 aliphatic carbocycles. The van der Waals surface area contributed by atoms with Gasteiger partial charge in [-0.05, 0) is 74.0 Å². The Morgan fingerprint density at radius 1 is 1.19 bits per heavy atom. The fourth-order valence-electron chi connectivity index (χ4n) is 7.09. The van der Waals surface area contributed by atoms with Crippen molar-refractivity contribution in [3.8, 4) is 0 Å². The molecule has 0 bridgehead atoms. The second-order valence-corrected chi connectivity index (χ2v) is 9.70. The maximum atomic E-state index is 12.6. The molecule has 0 aromatic heterocycles. The van der Waals surface area contributed by atoms with Gasteiger partial charge in [0, 0.05) is 18.4 Å². The Bertz CT molecular complexity index is 648. The van der Waals surface area contributed by atoms with Crippen LogP contribution in [-0.2, 0) is 9.63 Å². The lowest BCUT2D eigenvalue weighted by Crippen LogP contribution is -2.54. The van der Waals surface area contributed by atoms with Crippen molar-refractivity contribution in [2.24, 2.45) is 45.4 Å². The fourth-order valence-corrected chi connectivity index (χ4v) is 7.09. The first-order valence-electron chi connectivity index (χ1n) is 10.5. The molecule has 27 heavy (non-hydrogen) atoms. The van der Waals surface area contributed by atoms with Crippen LogP contribution in [0.1, 0.15) is 65.2 Å². The number of rotatable bonds is 3.